The third kappa shape index (κ3) is 6.19. The van der Waals surface area contributed by atoms with Gasteiger partial charge in [-0.15, -0.1) is 0 Å². The van der Waals surface area contributed by atoms with Crippen molar-refractivity contribution >= 4 is 8.46 Å². The summed E-state index contributed by atoms with van der Waals surface area (Å²) in [4.78, 5) is 0. The topological polar surface area (TPSA) is 37.3 Å². The normalized spacial score (nSPS) is 13.4. The van der Waals surface area contributed by atoms with E-state index in [2.05, 4.69) is 0 Å². The molecule has 0 fully saturated rings. The highest BCUT2D eigenvalue weighted by Gasteiger charge is 2.09. The van der Waals surface area contributed by atoms with E-state index in [4.69, 9.17) is 5.11 Å². The lowest BCUT2D eigenvalue weighted by molar-refractivity contribution is 0.0775. The highest BCUT2D eigenvalue weighted by atomic mass is 31.1. The van der Waals surface area contributed by atoms with Crippen molar-refractivity contribution in [2.24, 2.45) is 0 Å². The molecule has 3 heteroatoms. The molecule has 0 saturated heterocycles. The van der Waals surface area contributed by atoms with Gasteiger partial charge in [0.1, 0.15) is 0 Å². The summed E-state index contributed by atoms with van der Waals surface area (Å²) in [6.07, 6.45) is 1.30. The highest BCUT2D eigenvalue weighted by molar-refractivity contribution is 7.23. The summed E-state index contributed by atoms with van der Waals surface area (Å²) in [6, 6.07) is 0. The van der Waals surface area contributed by atoms with Crippen LogP contribution >= 0.6 is 8.46 Å². The molecule has 8 heavy (non-hydrogen) atoms. The Labute approximate surface area is 51.1 Å². The lowest BCUT2D eigenvalue weighted by atomic mass is 10.1. The van der Waals surface area contributed by atoms with Gasteiger partial charge in [0.05, 0.1) is 14.1 Å². The van der Waals surface area contributed by atoms with Gasteiger partial charge in [-0.05, 0) is 26.4 Å². The molecule has 0 aromatic carbocycles. The fourth-order valence-electron chi connectivity index (χ4n) is 0.412. The van der Waals surface area contributed by atoms with Crippen LogP contribution in [-0.4, -0.2) is 16.9 Å². The van der Waals surface area contributed by atoms with Crippen LogP contribution in [0.25, 0.3) is 0 Å². The van der Waals surface area contributed by atoms with E-state index in [1.807, 2.05) is 0 Å². The Kier molecular flexibility index (Phi) is 3.34. The Morgan fingerprint density at radius 3 is 2.25 bits per heavy atom. The quantitative estimate of drug-likeness (QED) is 0.585. The first-order valence-corrected chi connectivity index (χ1v) is 4.01. The summed E-state index contributed by atoms with van der Waals surface area (Å²) in [5, 5.41) is 9.02. The molecule has 1 unspecified atom stereocenters. The number of aliphatic hydroxyl groups is 1. The van der Waals surface area contributed by atoms with Crippen molar-refractivity contribution in [3.63, 3.8) is 0 Å². The fraction of sp³-hybridized carbons (Fsp3) is 1.00. The maximum absolute atomic E-state index is 9.95. The van der Waals surface area contributed by atoms with E-state index in [0.29, 0.717) is 12.6 Å². The Hall–Kier alpha value is 0.190. The summed E-state index contributed by atoms with van der Waals surface area (Å²) < 4.78 is 9.95. The summed E-state index contributed by atoms with van der Waals surface area (Å²) in [6.45, 7) is 3.45. The third-order valence-corrected chi connectivity index (χ3v) is 1.40. The second-order valence-electron chi connectivity index (χ2n) is 2.52. The first-order chi connectivity index (χ1) is 3.56. The van der Waals surface area contributed by atoms with Crippen LogP contribution in [0.2, 0.25) is 0 Å². The number of hydrogen-bond donors (Lipinski definition) is 1. The molecule has 0 aliphatic carbocycles. The van der Waals surface area contributed by atoms with Gasteiger partial charge in [0.15, 0.2) is 0 Å². The predicted molar refractivity (Wildman–Crippen MR) is 36.2 cm³/mol. The van der Waals surface area contributed by atoms with E-state index in [0.717, 1.165) is 0 Å². The molecule has 0 aliphatic rings. The molecular formula is C5H13O2P. The van der Waals surface area contributed by atoms with Crippen molar-refractivity contribution in [3.8, 4) is 0 Å². The van der Waals surface area contributed by atoms with E-state index in [1.165, 1.54) is 0 Å². The summed E-state index contributed by atoms with van der Waals surface area (Å²) in [7, 11) is -0.677. The monoisotopic (exact) mass is 136 g/mol. The third-order valence-electron chi connectivity index (χ3n) is 0.874. The second-order valence-corrected chi connectivity index (χ2v) is 3.43. The highest BCUT2D eigenvalue weighted by Crippen LogP contribution is 2.10. The molecule has 0 amide bonds. The molecule has 0 radical (unpaired) electrons. The molecule has 0 aromatic heterocycles. The minimum absolute atomic E-state index is 0.628. The summed E-state index contributed by atoms with van der Waals surface area (Å²) in [5.74, 6) is 0. The van der Waals surface area contributed by atoms with Gasteiger partial charge in [-0.1, -0.05) is 0 Å². The molecular weight excluding hydrogens is 123 g/mol. The van der Waals surface area contributed by atoms with Gasteiger partial charge in [0.25, 0.3) is 0 Å². The molecule has 1 N–H and O–H groups in total. The SMILES string of the molecule is CC(C)(O)CC[PH2]=O. The van der Waals surface area contributed by atoms with Crippen molar-refractivity contribution in [3.05, 3.63) is 0 Å². The average molecular weight is 136 g/mol. The van der Waals surface area contributed by atoms with Gasteiger partial charge in [0.2, 0.25) is 0 Å². The Bertz CT molecular complexity index is 75.0. The molecule has 2 nitrogen and oxygen atoms in total. The molecule has 0 aromatic rings. The number of rotatable bonds is 3. The van der Waals surface area contributed by atoms with Gasteiger partial charge in [-0.25, -0.2) is 0 Å². The molecule has 1 atom stereocenters. The van der Waals surface area contributed by atoms with Crippen molar-refractivity contribution in [2.75, 3.05) is 6.16 Å². The summed E-state index contributed by atoms with van der Waals surface area (Å²) in [5.41, 5.74) is -0.628. The standard InChI is InChI=1S/C5H13O2P/c1-5(2,6)3-4-8-7/h6H,3-4,8H2,1-2H3. The van der Waals surface area contributed by atoms with E-state index in [1.54, 1.807) is 13.8 Å². The van der Waals surface area contributed by atoms with E-state index < -0.39 is 14.1 Å². The van der Waals surface area contributed by atoms with Crippen LogP contribution in [0, 0.1) is 0 Å². The van der Waals surface area contributed by atoms with Crippen molar-refractivity contribution in [2.45, 2.75) is 25.9 Å². The van der Waals surface area contributed by atoms with Crippen molar-refractivity contribution in [1.29, 1.82) is 0 Å². The average Bonchev–Trinajstić information content (AvgIpc) is 1.59. The van der Waals surface area contributed by atoms with Crippen LogP contribution in [0.5, 0.6) is 0 Å². The first-order valence-electron chi connectivity index (χ1n) is 2.72. The van der Waals surface area contributed by atoms with Gasteiger partial charge < -0.3 is 9.67 Å². The van der Waals surface area contributed by atoms with Gasteiger partial charge in [-0.2, -0.15) is 0 Å². The lowest BCUT2D eigenvalue weighted by Gasteiger charge is -2.13. The molecule has 0 rings (SSSR count). The number of hydrogen-bond acceptors (Lipinski definition) is 2. The predicted octanol–water partition coefficient (Wildman–Crippen LogP) is 0.904. The maximum Gasteiger partial charge on any atom is 0.0646 e. The smallest absolute Gasteiger partial charge is 0.0646 e. The summed E-state index contributed by atoms with van der Waals surface area (Å²) >= 11 is 0. The van der Waals surface area contributed by atoms with Crippen LogP contribution in [0.1, 0.15) is 20.3 Å². The van der Waals surface area contributed by atoms with Gasteiger partial charge >= 0.3 is 0 Å². The molecule has 0 aliphatic heterocycles. The van der Waals surface area contributed by atoms with Crippen LogP contribution in [0.4, 0.5) is 0 Å². The van der Waals surface area contributed by atoms with Crippen LogP contribution < -0.4 is 0 Å². The van der Waals surface area contributed by atoms with Gasteiger partial charge in [-0.3, -0.25) is 0 Å². The van der Waals surface area contributed by atoms with Gasteiger partial charge in [0, 0.05) is 0 Å². The second kappa shape index (κ2) is 3.26. The zero-order chi connectivity index (χ0) is 6.62. The fourth-order valence-corrected chi connectivity index (χ4v) is 1.24. The molecule has 0 saturated carbocycles. The van der Waals surface area contributed by atoms with E-state index >= 15 is 0 Å². The first kappa shape index (κ1) is 8.19. The molecule has 0 heterocycles. The molecule has 50 valence electrons. The largest absolute Gasteiger partial charge is 0.390 e. The zero-order valence-corrected chi connectivity index (χ0v) is 6.50. The van der Waals surface area contributed by atoms with E-state index in [9.17, 15) is 4.57 Å². The van der Waals surface area contributed by atoms with Crippen molar-refractivity contribution in [1.82, 2.24) is 0 Å². The van der Waals surface area contributed by atoms with E-state index in [-0.39, 0.29) is 0 Å². The zero-order valence-electron chi connectivity index (χ0n) is 5.35. The minimum atomic E-state index is -0.677. The minimum Gasteiger partial charge on any atom is -0.390 e. The lowest BCUT2D eigenvalue weighted by Crippen LogP contribution is -2.18. The molecule has 0 spiro atoms. The van der Waals surface area contributed by atoms with Crippen LogP contribution in [0.15, 0.2) is 0 Å². The van der Waals surface area contributed by atoms with Crippen LogP contribution in [0.3, 0.4) is 0 Å². The van der Waals surface area contributed by atoms with Crippen LogP contribution in [-0.2, 0) is 4.57 Å². The maximum atomic E-state index is 9.95. The van der Waals surface area contributed by atoms with Crippen molar-refractivity contribution < 1.29 is 9.67 Å². The Balaban J connectivity index is 3.24. The Morgan fingerprint density at radius 2 is 2.12 bits per heavy atom. The Morgan fingerprint density at radius 1 is 1.62 bits per heavy atom. The molecule has 0 bridgehead atoms.